The van der Waals surface area contributed by atoms with Crippen molar-refractivity contribution in [2.45, 2.75) is 70.1 Å². The van der Waals surface area contributed by atoms with Crippen LogP contribution in [0.1, 0.15) is 111 Å². The first-order valence-corrected chi connectivity index (χ1v) is 23.8. The maximum absolute atomic E-state index is 2.55. The Balaban J connectivity index is 1.10. The highest BCUT2D eigenvalue weighted by atomic mass is 15.1. The molecule has 0 saturated heterocycles. The largest absolute Gasteiger partial charge is 0.310 e. The minimum atomic E-state index is -0.508. The average molecular weight is 848 g/mol. The van der Waals surface area contributed by atoms with Gasteiger partial charge in [-0.25, -0.2) is 0 Å². The van der Waals surface area contributed by atoms with Gasteiger partial charge in [-0.05, 0) is 146 Å². The van der Waals surface area contributed by atoms with E-state index in [0.29, 0.717) is 0 Å². The molecule has 0 N–H and O–H groups in total. The van der Waals surface area contributed by atoms with Gasteiger partial charge in [-0.3, -0.25) is 0 Å². The van der Waals surface area contributed by atoms with Crippen molar-refractivity contribution in [1.82, 2.24) is 0 Å². The zero-order valence-electron chi connectivity index (χ0n) is 38.9. The second kappa shape index (κ2) is 13.4. The second-order valence-corrected chi connectivity index (χ2v) is 20.7. The molecular weight excluding hydrogens is 795 g/mol. The van der Waals surface area contributed by atoms with Gasteiger partial charge in [0, 0.05) is 27.9 Å². The van der Waals surface area contributed by atoms with Crippen LogP contribution in [0.25, 0.3) is 22.3 Å². The molecule has 4 aliphatic rings. The Morgan fingerprint density at radius 1 is 0.258 bits per heavy atom. The van der Waals surface area contributed by atoms with Crippen molar-refractivity contribution in [1.29, 1.82) is 0 Å². The van der Waals surface area contributed by atoms with Gasteiger partial charge in [-0.2, -0.15) is 0 Å². The fourth-order valence-electron chi connectivity index (χ4n) is 13.5. The molecule has 0 radical (unpaired) electrons. The average Bonchev–Trinajstić information content (AvgIpc) is 3.78. The highest BCUT2D eigenvalue weighted by Crippen LogP contribution is 2.65. The summed E-state index contributed by atoms with van der Waals surface area (Å²) in [4.78, 5) is 2.52. The van der Waals surface area contributed by atoms with Gasteiger partial charge in [0.15, 0.2) is 0 Å². The van der Waals surface area contributed by atoms with Gasteiger partial charge in [0.25, 0.3) is 0 Å². The molecule has 2 spiro atoms. The molecule has 318 valence electrons. The van der Waals surface area contributed by atoms with E-state index in [-0.39, 0.29) is 10.8 Å². The normalized spacial score (nSPS) is 17.7. The number of anilines is 3. The number of fused-ring (bicyclic) bond motifs is 18. The molecule has 0 fully saturated rings. The van der Waals surface area contributed by atoms with E-state index in [1.807, 2.05) is 0 Å². The van der Waals surface area contributed by atoms with Crippen LogP contribution in [-0.4, -0.2) is 0 Å². The van der Waals surface area contributed by atoms with Gasteiger partial charge in [0.2, 0.25) is 0 Å². The Hall–Kier alpha value is -7.22. The number of hydrogen-bond acceptors (Lipinski definition) is 1. The molecular formula is C65H53N. The maximum Gasteiger partial charge on any atom is 0.0720 e. The molecule has 0 heterocycles. The number of rotatable bonds is 3. The topological polar surface area (TPSA) is 3.24 Å². The van der Waals surface area contributed by atoms with Crippen LogP contribution >= 0.6 is 0 Å². The molecule has 0 aliphatic heterocycles. The van der Waals surface area contributed by atoms with Gasteiger partial charge in [0.1, 0.15) is 0 Å². The van der Waals surface area contributed by atoms with Crippen LogP contribution < -0.4 is 4.90 Å². The monoisotopic (exact) mass is 847 g/mol. The first-order chi connectivity index (χ1) is 32.0. The highest BCUT2D eigenvalue weighted by Gasteiger charge is 2.55. The van der Waals surface area contributed by atoms with Gasteiger partial charge in [-0.1, -0.05) is 202 Å². The lowest BCUT2D eigenvalue weighted by Gasteiger charge is -2.47. The number of hydrogen-bond donors (Lipinski definition) is 0. The predicted octanol–water partition coefficient (Wildman–Crippen LogP) is 16.1. The minimum absolute atomic E-state index is 0.170. The van der Waals surface area contributed by atoms with E-state index in [0.717, 1.165) is 17.1 Å². The summed E-state index contributed by atoms with van der Waals surface area (Å²) in [5.41, 5.74) is 27.7. The molecule has 9 aromatic rings. The fraction of sp³-hybridized carbons (Fsp3) is 0.169. The summed E-state index contributed by atoms with van der Waals surface area (Å²) in [7, 11) is 0. The summed E-state index contributed by atoms with van der Waals surface area (Å²) in [6.45, 7) is 16.4. The van der Waals surface area contributed by atoms with Crippen molar-refractivity contribution in [2.24, 2.45) is 0 Å². The van der Waals surface area contributed by atoms with Gasteiger partial charge >= 0.3 is 0 Å². The summed E-state index contributed by atoms with van der Waals surface area (Å²) in [6.07, 6.45) is 0. The first kappa shape index (κ1) is 39.2. The maximum atomic E-state index is 2.55. The van der Waals surface area contributed by atoms with Gasteiger partial charge in [-0.15, -0.1) is 0 Å². The molecule has 13 rings (SSSR count). The van der Waals surface area contributed by atoms with Crippen LogP contribution in [0.5, 0.6) is 0 Å². The summed E-state index contributed by atoms with van der Waals surface area (Å²) in [5.74, 6) is 0. The molecule has 4 aliphatic carbocycles. The minimum Gasteiger partial charge on any atom is -0.310 e. The van der Waals surface area contributed by atoms with Crippen LogP contribution in [0.4, 0.5) is 17.1 Å². The molecule has 0 bridgehead atoms. The third-order valence-corrected chi connectivity index (χ3v) is 16.3. The number of aryl methyl sites for hydroxylation is 3. The third-order valence-electron chi connectivity index (χ3n) is 16.3. The third kappa shape index (κ3) is 4.85. The lowest BCUT2D eigenvalue weighted by Crippen LogP contribution is -2.41. The van der Waals surface area contributed by atoms with Crippen molar-refractivity contribution in [3.8, 4) is 22.3 Å². The lowest BCUT2D eigenvalue weighted by molar-refractivity contribution is 0.562. The smallest absolute Gasteiger partial charge is 0.0720 e. The Labute approximate surface area is 390 Å². The van der Waals surface area contributed by atoms with Crippen molar-refractivity contribution < 1.29 is 0 Å². The first-order valence-electron chi connectivity index (χ1n) is 23.8. The Morgan fingerprint density at radius 3 is 1.06 bits per heavy atom. The number of nitrogens with zero attached hydrogens (tertiary/aromatic N) is 1. The molecule has 1 unspecified atom stereocenters. The number of para-hydroxylation sites is 1. The van der Waals surface area contributed by atoms with Gasteiger partial charge in [0.05, 0.1) is 10.8 Å². The molecule has 1 atom stereocenters. The molecule has 1 heteroatoms. The van der Waals surface area contributed by atoms with E-state index in [1.165, 1.54) is 106 Å². The van der Waals surface area contributed by atoms with Crippen molar-refractivity contribution in [3.63, 3.8) is 0 Å². The zero-order valence-corrected chi connectivity index (χ0v) is 38.9. The molecule has 0 amide bonds. The van der Waals surface area contributed by atoms with Crippen LogP contribution in [-0.2, 0) is 21.7 Å². The fourth-order valence-corrected chi connectivity index (χ4v) is 13.5. The SMILES string of the molecule is Cc1ccc2c(c1)C1(c3ccccc3-c3ccc(N(c4ccccc4)c4ccc5c(c4)C4(c6ccccc6-5)c5cc(C)ccc5C(C)(C)c5ccc(C)cc54)cc31)c1ccccc1C2(C)C. The van der Waals surface area contributed by atoms with E-state index in [1.54, 1.807) is 0 Å². The molecule has 0 saturated carbocycles. The lowest BCUT2D eigenvalue weighted by atomic mass is 9.55. The second-order valence-electron chi connectivity index (χ2n) is 20.7. The van der Waals surface area contributed by atoms with Crippen molar-refractivity contribution in [2.75, 3.05) is 4.90 Å². The van der Waals surface area contributed by atoms with Crippen LogP contribution in [0.2, 0.25) is 0 Å². The van der Waals surface area contributed by atoms with Gasteiger partial charge < -0.3 is 4.90 Å². The highest BCUT2D eigenvalue weighted by molar-refractivity contribution is 5.94. The van der Waals surface area contributed by atoms with Crippen LogP contribution in [0.3, 0.4) is 0 Å². The molecule has 1 nitrogen and oxygen atoms in total. The van der Waals surface area contributed by atoms with E-state index in [2.05, 4.69) is 247 Å². The van der Waals surface area contributed by atoms with Crippen molar-refractivity contribution >= 4 is 17.1 Å². The summed E-state index contributed by atoms with van der Waals surface area (Å²) in [6, 6.07) is 75.0. The Morgan fingerprint density at radius 2 is 0.606 bits per heavy atom. The van der Waals surface area contributed by atoms with E-state index in [4.69, 9.17) is 0 Å². The van der Waals surface area contributed by atoms with Crippen LogP contribution in [0, 0.1) is 20.8 Å². The zero-order chi connectivity index (χ0) is 44.9. The summed E-state index contributed by atoms with van der Waals surface area (Å²) in [5, 5.41) is 0. The van der Waals surface area contributed by atoms with E-state index in [9.17, 15) is 0 Å². The number of benzene rings is 9. The Bertz CT molecular complexity index is 3470. The van der Waals surface area contributed by atoms with E-state index >= 15 is 0 Å². The van der Waals surface area contributed by atoms with Crippen LogP contribution in [0.15, 0.2) is 194 Å². The molecule has 66 heavy (non-hydrogen) atoms. The predicted molar refractivity (Wildman–Crippen MR) is 274 cm³/mol. The summed E-state index contributed by atoms with van der Waals surface area (Å²) < 4.78 is 0. The standard InChI is InChI=1S/C65H53N/c1-40-25-32-53-59(35-40)64(56-24-16-15-23-52(56)62(53,4)5)50-21-13-11-19-46(50)48-30-28-44(38-57(48)64)66(43-17-9-8-10-18-43)45-29-31-49-47-20-12-14-22-51(47)65(58(49)39-45)60-36-41(2)26-33-54(60)63(6,7)55-34-27-42(3)37-61(55)65/h8-39H,1-7H3. The van der Waals surface area contributed by atoms with Crippen molar-refractivity contribution in [3.05, 3.63) is 278 Å². The summed E-state index contributed by atoms with van der Waals surface area (Å²) >= 11 is 0. The quantitative estimate of drug-likeness (QED) is 0.171. The Kier molecular flexibility index (Phi) is 7.97. The molecule has 0 aromatic heterocycles. The van der Waals surface area contributed by atoms with E-state index < -0.39 is 10.8 Å². The molecule has 9 aromatic carbocycles.